The van der Waals surface area contributed by atoms with Gasteiger partial charge in [-0.2, -0.15) is 0 Å². The Kier molecular flexibility index (Phi) is 5.87. The lowest BCUT2D eigenvalue weighted by molar-refractivity contribution is 0.397. The van der Waals surface area contributed by atoms with Crippen molar-refractivity contribution in [2.24, 2.45) is 11.7 Å². The number of halogens is 1. The fourth-order valence-corrected chi connectivity index (χ4v) is 3.95. The lowest BCUT2D eigenvalue weighted by Gasteiger charge is -2.22. The molecule has 0 amide bonds. The van der Waals surface area contributed by atoms with Gasteiger partial charge in [0, 0.05) is 16.7 Å². The predicted molar refractivity (Wildman–Crippen MR) is 81.3 cm³/mol. The van der Waals surface area contributed by atoms with Gasteiger partial charge in [0.25, 0.3) is 0 Å². The standard InChI is InChI=1S/C15H22ClNS/c16-13-9-5-6-10-15(13)18-11-14(17)12-7-3-1-2-4-8-12/h5-6,9-10,12,14H,1-4,7-8,11,17H2. The second-order valence-electron chi connectivity index (χ2n) is 5.16. The van der Waals surface area contributed by atoms with E-state index in [-0.39, 0.29) is 0 Å². The molecule has 1 saturated carbocycles. The molecule has 0 aromatic heterocycles. The summed E-state index contributed by atoms with van der Waals surface area (Å²) >= 11 is 7.96. The van der Waals surface area contributed by atoms with E-state index in [0.29, 0.717) is 12.0 Å². The molecule has 1 nitrogen and oxygen atoms in total. The number of hydrogen-bond acceptors (Lipinski definition) is 2. The molecular weight excluding hydrogens is 262 g/mol. The Labute approximate surface area is 119 Å². The number of hydrogen-bond donors (Lipinski definition) is 1. The number of benzene rings is 1. The first-order chi connectivity index (χ1) is 8.77. The summed E-state index contributed by atoms with van der Waals surface area (Å²) in [6, 6.07) is 8.33. The summed E-state index contributed by atoms with van der Waals surface area (Å²) in [6.45, 7) is 0. The van der Waals surface area contributed by atoms with Crippen LogP contribution in [0.5, 0.6) is 0 Å². The maximum absolute atomic E-state index is 6.35. The van der Waals surface area contributed by atoms with Gasteiger partial charge >= 0.3 is 0 Å². The van der Waals surface area contributed by atoms with Gasteiger partial charge in [0.1, 0.15) is 0 Å². The zero-order chi connectivity index (χ0) is 12.8. The fourth-order valence-electron chi connectivity index (χ4n) is 2.62. The topological polar surface area (TPSA) is 26.0 Å². The van der Waals surface area contributed by atoms with Gasteiger partial charge in [-0.15, -0.1) is 11.8 Å². The first-order valence-corrected chi connectivity index (χ1v) is 8.26. The largest absolute Gasteiger partial charge is 0.327 e. The molecule has 1 fully saturated rings. The minimum atomic E-state index is 0.310. The van der Waals surface area contributed by atoms with E-state index in [9.17, 15) is 0 Å². The van der Waals surface area contributed by atoms with Crippen molar-refractivity contribution in [3.63, 3.8) is 0 Å². The van der Waals surface area contributed by atoms with Gasteiger partial charge in [0.05, 0.1) is 5.02 Å². The summed E-state index contributed by atoms with van der Waals surface area (Å²) in [5.41, 5.74) is 6.35. The number of thioether (sulfide) groups is 1. The molecule has 1 aliphatic rings. The van der Waals surface area contributed by atoms with Crippen LogP contribution in [0.4, 0.5) is 0 Å². The Morgan fingerprint density at radius 1 is 1.17 bits per heavy atom. The summed E-state index contributed by atoms with van der Waals surface area (Å²) in [6.07, 6.45) is 8.11. The Balaban J connectivity index is 1.83. The molecule has 1 unspecified atom stereocenters. The van der Waals surface area contributed by atoms with Crippen molar-refractivity contribution in [3.05, 3.63) is 29.3 Å². The van der Waals surface area contributed by atoms with E-state index < -0.39 is 0 Å². The van der Waals surface area contributed by atoms with Crippen LogP contribution in [0, 0.1) is 5.92 Å². The van der Waals surface area contributed by atoms with Crippen molar-refractivity contribution >= 4 is 23.4 Å². The Morgan fingerprint density at radius 2 is 1.83 bits per heavy atom. The van der Waals surface area contributed by atoms with Crippen LogP contribution in [-0.2, 0) is 0 Å². The van der Waals surface area contributed by atoms with Crippen LogP contribution < -0.4 is 5.73 Å². The summed E-state index contributed by atoms with van der Waals surface area (Å²) < 4.78 is 0. The van der Waals surface area contributed by atoms with E-state index in [2.05, 4.69) is 6.07 Å². The molecule has 1 aliphatic carbocycles. The molecule has 0 saturated heterocycles. The first kappa shape index (κ1) is 14.2. The third-order valence-corrected chi connectivity index (χ3v) is 5.43. The normalized spacial score (nSPS) is 19.4. The van der Waals surface area contributed by atoms with Gasteiger partial charge in [-0.1, -0.05) is 49.4 Å². The van der Waals surface area contributed by atoms with Crippen LogP contribution >= 0.6 is 23.4 Å². The lowest BCUT2D eigenvalue weighted by atomic mass is 9.94. The summed E-state index contributed by atoms with van der Waals surface area (Å²) in [5.74, 6) is 1.69. The third-order valence-electron chi connectivity index (χ3n) is 3.77. The molecule has 0 bridgehead atoms. The summed E-state index contributed by atoms with van der Waals surface area (Å²) in [4.78, 5) is 1.16. The van der Waals surface area contributed by atoms with Gasteiger partial charge in [-0.25, -0.2) is 0 Å². The molecule has 0 radical (unpaired) electrons. The van der Waals surface area contributed by atoms with E-state index in [1.807, 2.05) is 18.2 Å². The van der Waals surface area contributed by atoms with Crippen molar-refractivity contribution in [2.45, 2.75) is 49.5 Å². The summed E-state index contributed by atoms with van der Waals surface area (Å²) in [7, 11) is 0. The van der Waals surface area contributed by atoms with Crippen LogP contribution in [0.25, 0.3) is 0 Å². The molecule has 100 valence electrons. The van der Waals surface area contributed by atoms with Crippen LogP contribution in [0.3, 0.4) is 0 Å². The minimum absolute atomic E-state index is 0.310. The minimum Gasteiger partial charge on any atom is -0.327 e. The highest BCUT2D eigenvalue weighted by Crippen LogP contribution is 2.30. The zero-order valence-corrected chi connectivity index (χ0v) is 12.3. The van der Waals surface area contributed by atoms with E-state index in [4.69, 9.17) is 17.3 Å². The van der Waals surface area contributed by atoms with Crippen molar-refractivity contribution in [3.8, 4) is 0 Å². The molecule has 3 heteroatoms. The number of rotatable bonds is 4. The van der Waals surface area contributed by atoms with Crippen molar-refractivity contribution in [1.29, 1.82) is 0 Å². The van der Waals surface area contributed by atoms with Crippen LogP contribution in [0.2, 0.25) is 5.02 Å². The second kappa shape index (κ2) is 7.42. The van der Waals surface area contributed by atoms with Crippen molar-refractivity contribution in [1.82, 2.24) is 0 Å². The highest BCUT2D eigenvalue weighted by atomic mass is 35.5. The van der Waals surface area contributed by atoms with Gasteiger partial charge < -0.3 is 5.73 Å². The number of nitrogens with two attached hydrogens (primary N) is 1. The predicted octanol–water partition coefficient (Wildman–Crippen LogP) is 4.73. The Morgan fingerprint density at radius 3 is 2.50 bits per heavy atom. The summed E-state index contributed by atoms with van der Waals surface area (Å²) in [5, 5.41) is 0.843. The van der Waals surface area contributed by atoms with Crippen LogP contribution in [-0.4, -0.2) is 11.8 Å². The van der Waals surface area contributed by atoms with E-state index in [1.165, 1.54) is 38.5 Å². The van der Waals surface area contributed by atoms with Crippen molar-refractivity contribution < 1.29 is 0 Å². The Bertz CT molecular complexity index is 361. The molecule has 1 atom stereocenters. The maximum atomic E-state index is 6.35. The van der Waals surface area contributed by atoms with Gasteiger partial charge in [0.2, 0.25) is 0 Å². The van der Waals surface area contributed by atoms with Crippen LogP contribution in [0.15, 0.2) is 29.2 Å². The van der Waals surface area contributed by atoms with Gasteiger partial charge in [-0.05, 0) is 30.9 Å². The molecular formula is C15H22ClNS. The van der Waals surface area contributed by atoms with Crippen molar-refractivity contribution in [2.75, 3.05) is 5.75 Å². The SMILES string of the molecule is NC(CSc1ccccc1Cl)C1CCCCCC1. The van der Waals surface area contributed by atoms with Gasteiger partial charge in [-0.3, -0.25) is 0 Å². The average Bonchev–Trinajstić information content (AvgIpc) is 2.66. The quantitative estimate of drug-likeness (QED) is 0.638. The first-order valence-electron chi connectivity index (χ1n) is 6.90. The highest BCUT2D eigenvalue weighted by molar-refractivity contribution is 7.99. The second-order valence-corrected chi connectivity index (χ2v) is 6.63. The van der Waals surface area contributed by atoms with E-state index >= 15 is 0 Å². The molecule has 2 N–H and O–H groups in total. The molecule has 0 heterocycles. The average molecular weight is 284 g/mol. The Hall–Kier alpha value is -0.180. The molecule has 0 spiro atoms. The fraction of sp³-hybridized carbons (Fsp3) is 0.600. The van der Waals surface area contributed by atoms with Gasteiger partial charge in [0.15, 0.2) is 0 Å². The third kappa shape index (κ3) is 4.18. The van der Waals surface area contributed by atoms with Crippen LogP contribution in [0.1, 0.15) is 38.5 Å². The highest BCUT2D eigenvalue weighted by Gasteiger charge is 2.19. The monoisotopic (exact) mass is 283 g/mol. The molecule has 2 rings (SSSR count). The molecule has 18 heavy (non-hydrogen) atoms. The lowest BCUT2D eigenvalue weighted by Crippen LogP contribution is -2.32. The molecule has 0 aliphatic heterocycles. The maximum Gasteiger partial charge on any atom is 0.0541 e. The smallest absolute Gasteiger partial charge is 0.0541 e. The molecule has 1 aromatic rings. The zero-order valence-electron chi connectivity index (χ0n) is 10.8. The van der Waals surface area contributed by atoms with E-state index in [0.717, 1.165) is 15.7 Å². The molecule has 1 aromatic carbocycles. The van der Waals surface area contributed by atoms with E-state index in [1.54, 1.807) is 11.8 Å².